The largest absolute Gasteiger partial charge is 0.544 e. The molecule has 22 heteroatoms. The SMILES string of the molecule is CC(=O)N[C@H]1[C@H]([C@H](O)[C@H](O)CO)O[C@@](OC[C@H]2O[C@@H](O[C@H]3[C@H](O)[C@@H](O)[C@H](O)O[C@@H]3CO)[C@H](O)[C@@H](O)[C@H]2O)(C(=O)[O-])C[C@@H]1O.C[N+](C)(C)CCO. The average Bonchev–Trinajstić information content (AvgIpc) is 3.04. The number of hydrogen-bond donors (Lipinski definition) is 13. The first-order valence-electron chi connectivity index (χ1n) is 15.7. The van der Waals surface area contributed by atoms with Gasteiger partial charge in [0.15, 0.2) is 12.6 Å². The summed E-state index contributed by atoms with van der Waals surface area (Å²) in [6.45, 7) is -0.725. The van der Waals surface area contributed by atoms with Gasteiger partial charge in [-0.3, -0.25) is 4.79 Å². The number of likely N-dealkylation sites (N-methyl/N-ethyl adjacent to an activating group) is 1. The van der Waals surface area contributed by atoms with Crippen molar-refractivity contribution in [2.24, 2.45) is 0 Å². The molecule has 0 aromatic rings. The van der Waals surface area contributed by atoms with Crippen LogP contribution in [-0.2, 0) is 33.3 Å². The van der Waals surface area contributed by atoms with Crippen LogP contribution in [0.5, 0.6) is 0 Å². The monoisotopic (exact) mass is 736 g/mol. The van der Waals surface area contributed by atoms with Crippen LogP contribution < -0.4 is 10.4 Å². The molecule has 3 aliphatic rings. The van der Waals surface area contributed by atoms with Crippen molar-refractivity contribution in [3.8, 4) is 0 Å². The van der Waals surface area contributed by atoms with E-state index in [9.17, 15) is 70.9 Å². The number of amides is 1. The number of aliphatic carboxylic acids is 1. The molecule has 3 saturated heterocycles. The third-order valence-electron chi connectivity index (χ3n) is 8.22. The lowest BCUT2D eigenvalue weighted by atomic mass is 9.88. The van der Waals surface area contributed by atoms with Gasteiger partial charge in [0, 0.05) is 13.3 Å². The van der Waals surface area contributed by atoms with Gasteiger partial charge in [-0.15, -0.1) is 0 Å². The molecule has 0 unspecified atom stereocenters. The lowest BCUT2D eigenvalue weighted by molar-refractivity contribution is -0.870. The number of carbonyl (C=O) groups excluding carboxylic acids is 2. The number of quaternary nitrogens is 1. The highest BCUT2D eigenvalue weighted by Crippen LogP contribution is 2.35. The molecule has 3 aliphatic heterocycles. The summed E-state index contributed by atoms with van der Waals surface area (Å²) in [5.74, 6) is -5.80. The maximum Gasteiger partial charge on any atom is 0.217 e. The normalized spacial score (nSPS) is 40.6. The minimum absolute atomic E-state index is 0.281. The molecular formula is C28H52N2O20. The van der Waals surface area contributed by atoms with Crippen LogP contribution in [0.2, 0.25) is 0 Å². The molecule has 0 aromatic carbocycles. The maximum atomic E-state index is 12.2. The van der Waals surface area contributed by atoms with Gasteiger partial charge in [0.05, 0.1) is 59.7 Å². The number of nitrogens with zero attached hydrogens (tertiary/aromatic N) is 1. The first-order chi connectivity index (χ1) is 23.1. The highest BCUT2D eigenvalue weighted by atomic mass is 16.8. The van der Waals surface area contributed by atoms with E-state index >= 15 is 0 Å². The molecule has 294 valence electrons. The fourth-order valence-electron chi connectivity index (χ4n) is 5.34. The van der Waals surface area contributed by atoms with Gasteiger partial charge in [0.25, 0.3) is 0 Å². The van der Waals surface area contributed by atoms with Gasteiger partial charge < -0.3 is 105 Å². The van der Waals surface area contributed by atoms with Crippen molar-refractivity contribution in [1.29, 1.82) is 0 Å². The van der Waals surface area contributed by atoms with Crippen LogP contribution in [0.4, 0.5) is 0 Å². The molecular weight excluding hydrogens is 684 g/mol. The molecule has 3 heterocycles. The minimum Gasteiger partial charge on any atom is -0.544 e. The summed E-state index contributed by atoms with van der Waals surface area (Å²) < 4.78 is 27.4. The summed E-state index contributed by atoms with van der Waals surface area (Å²) in [6, 6.07) is -1.51. The molecule has 0 bridgehead atoms. The molecule has 13 N–H and O–H groups in total. The second-order valence-corrected chi connectivity index (χ2v) is 13.3. The fraction of sp³-hybridized carbons (Fsp3) is 0.929. The predicted octanol–water partition coefficient (Wildman–Crippen LogP) is -9.87. The molecule has 1 amide bonds. The Morgan fingerprint density at radius 1 is 0.920 bits per heavy atom. The summed E-state index contributed by atoms with van der Waals surface area (Å²) in [6.07, 6.45) is -27.3. The van der Waals surface area contributed by atoms with E-state index in [4.69, 9.17) is 28.8 Å². The van der Waals surface area contributed by atoms with Gasteiger partial charge in [-0.1, -0.05) is 0 Å². The summed E-state index contributed by atoms with van der Waals surface area (Å²) in [5.41, 5.74) is 0. The standard InChI is InChI=1S/C23H39NO19.C5H14NO/c1-6(27)24-11-7(28)2-23(22(37)38,43-19(11)12(30)8(29)3-25)39-5-10-13(31)14(32)17(35)21(41-10)42-18-9(4-26)40-20(36)16(34)15(18)33;1-6(2,3)4-5-7/h7-21,25-26,28-36H,2-5H2,1H3,(H,24,27)(H,37,38);7H,4-5H2,1-3H3/q;+1/p-1/t7-,8+,9+,10+,11+,12+,13-,14-,15+,16+,17+,18+,19+,20+,21-,23+;/m0./s1. The maximum absolute atomic E-state index is 12.2. The second kappa shape index (κ2) is 18.8. The van der Waals surface area contributed by atoms with E-state index in [1.807, 2.05) is 0 Å². The molecule has 0 radical (unpaired) electrons. The lowest BCUT2D eigenvalue weighted by Crippen LogP contribution is -2.70. The molecule has 3 fully saturated rings. The molecule has 16 atom stereocenters. The number of rotatable bonds is 13. The number of hydrogen-bond acceptors (Lipinski definition) is 20. The molecule has 0 saturated carbocycles. The van der Waals surface area contributed by atoms with E-state index in [0.717, 1.165) is 18.0 Å². The van der Waals surface area contributed by atoms with Crippen LogP contribution in [0.3, 0.4) is 0 Å². The van der Waals surface area contributed by atoms with Gasteiger partial charge in [-0.05, 0) is 0 Å². The highest BCUT2D eigenvalue weighted by molar-refractivity contribution is 5.75. The lowest BCUT2D eigenvalue weighted by Gasteiger charge is -2.49. The van der Waals surface area contributed by atoms with Crippen LogP contribution in [0, 0.1) is 0 Å². The quantitative estimate of drug-likeness (QED) is 0.0780. The van der Waals surface area contributed by atoms with Crippen molar-refractivity contribution in [1.82, 2.24) is 5.32 Å². The molecule has 0 spiro atoms. The zero-order chi connectivity index (χ0) is 38.3. The Morgan fingerprint density at radius 2 is 1.54 bits per heavy atom. The van der Waals surface area contributed by atoms with E-state index in [1.54, 1.807) is 0 Å². The number of aliphatic hydroxyl groups is 12. The summed E-state index contributed by atoms with van der Waals surface area (Å²) in [7, 11) is 6.16. The van der Waals surface area contributed by atoms with E-state index < -0.39 is 136 Å². The van der Waals surface area contributed by atoms with Crippen LogP contribution >= 0.6 is 0 Å². The van der Waals surface area contributed by atoms with Crippen molar-refractivity contribution in [3.05, 3.63) is 0 Å². The first kappa shape index (κ1) is 44.4. The van der Waals surface area contributed by atoms with Crippen molar-refractivity contribution in [2.45, 2.75) is 111 Å². The van der Waals surface area contributed by atoms with Gasteiger partial charge in [-0.25, -0.2) is 0 Å². The van der Waals surface area contributed by atoms with Crippen LogP contribution in [0.25, 0.3) is 0 Å². The Kier molecular flexibility index (Phi) is 16.7. The van der Waals surface area contributed by atoms with Crippen molar-refractivity contribution in [2.75, 3.05) is 54.1 Å². The third kappa shape index (κ3) is 11.1. The summed E-state index contributed by atoms with van der Waals surface area (Å²) in [4.78, 5) is 23.9. The van der Waals surface area contributed by atoms with Crippen LogP contribution in [-0.4, -0.2) is 229 Å². The van der Waals surface area contributed by atoms with Crippen LogP contribution in [0.15, 0.2) is 0 Å². The Balaban J connectivity index is 0.00000112. The third-order valence-corrected chi connectivity index (χ3v) is 8.22. The minimum atomic E-state index is -2.94. The van der Waals surface area contributed by atoms with Crippen molar-refractivity contribution >= 4 is 11.9 Å². The topological polar surface area (TPSA) is 358 Å². The van der Waals surface area contributed by atoms with Gasteiger partial charge >= 0.3 is 0 Å². The van der Waals surface area contributed by atoms with E-state index in [1.165, 1.54) is 0 Å². The molecule has 3 rings (SSSR count). The van der Waals surface area contributed by atoms with E-state index in [2.05, 4.69) is 26.5 Å². The second-order valence-electron chi connectivity index (χ2n) is 13.3. The van der Waals surface area contributed by atoms with E-state index in [-0.39, 0.29) is 6.61 Å². The number of carbonyl (C=O) groups is 2. The average molecular weight is 737 g/mol. The van der Waals surface area contributed by atoms with Crippen molar-refractivity contribution in [3.63, 3.8) is 0 Å². The van der Waals surface area contributed by atoms with Crippen LogP contribution in [0.1, 0.15) is 13.3 Å². The fourth-order valence-corrected chi connectivity index (χ4v) is 5.34. The number of nitrogens with one attached hydrogen (secondary N) is 1. The van der Waals surface area contributed by atoms with Crippen molar-refractivity contribution < 1.29 is 104 Å². The Labute approximate surface area is 286 Å². The molecule has 50 heavy (non-hydrogen) atoms. The zero-order valence-electron chi connectivity index (χ0n) is 28.0. The first-order valence-corrected chi connectivity index (χ1v) is 15.7. The highest BCUT2D eigenvalue weighted by Gasteiger charge is 2.54. The summed E-state index contributed by atoms with van der Waals surface area (Å²) in [5, 5.41) is 134. The zero-order valence-corrected chi connectivity index (χ0v) is 28.0. The van der Waals surface area contributed by atoms with Gasteiger partial charge in [-0.2, -0.15) is 0 Å². The summed E-state index contributed by atoms with van der Waals surface area (Å²) >= 11 is 0. The van der Waals surface area contributed by atoms with Gasteiger partial charge in [0.2, 0.25) is 11.7 Å². The Hall–Kier alpha value is -1.78. The number of carboxylic acids is 1. The predicted molar refractivity (Wildman–Crippen MR) is 157 cm³/mol. The Bertz CT molecular complexity index is 1070. The Morgan fingerprint density at radius 3 is 2.02 bits per heavy atom. The van der Waals surface area contributed by atoms with E-state index in [0.29, 0.717) is 0 Å². The molecule has 22 nitrogen and oxygen atoms in total. The number of aliphatic hydroxyl groups excluding tert-OH is 12. The molecule has 0 aliphatic carbocycles. The van der Waals surface area contributed by atoms with Gasteiger partial charge in [0.1, 0.15) is 79.7 Å². The smallest absolute Gasteiger partial charge is 0.217 e. The number of ether oxygens (including phenoxy) is 5. The number of carboxylic acid groups (broad SMARTS) is 1. The molecule has 0 aromatic heterocycles.